The first kappa shape index (κ1) is 11.7. The molecule has 0 saturated carbocycles. The van der Waals surface area contributed by atoms with Crippen molar-refractivity contribution in [2.75, 3.05) is 31.1 Å². The second kappa shape index (κ2) is 5.07. The van der Waals surface area contributed by atoms with Gasteiger partial charge in [-0.05, 0) is 32.0 Å². The number of hydrogen-bond acceptors (Lipinski definition) is 2. The van der Waals surface area contributed by atoms with Crippen molar-refractivity contribution in [2.24, 2.45) is 0 Å². The fourth-order valence-corrected chi connectivity index (χ4v) is 2.38. The predicted octanol–water partition coefficient (Wildman–Crippen LogP) is 2.67. The minimum absolute atomic E-state index is 0.640. The van der Waals surface area contributed by atoms with E-state index in [-0.39, 0.29) is 0 Å². The van der Waals surface area contributed by atoms with Crippen LogP contribution in [0.25, 0.3) is 0 Å². The largest absolute Gasteiger partial charge is 0.368 e. The van der Waals surface area contributed by atoms with Crippen molar-refractivity contribution in [1.29, 1.82) is 0 Å². The summed E-state index contributed by atoms with van der Waals surface area (Å²) in [5, 5.41) is 0.806. The predicted molar refractivity (Wildman–Crippen MR) is 69.2 cm³/mol. The van der Waals surface area contributed by atoms with E-state index >= 15 is 0 Å². The van der Waals surface area contributed by atoms with Gasteiger partial charge in [0.2, 0.25) is 0 Å². The smallest absolute Gasteiger partial charge is 0.0645 e. The molecule has 0 spiro atoms. The van der Waals surface area contributed by atoms with Gasteiger partial charge < -0.3 is 4.90 Å². The highest BCUT2D eigenvalue weighted by molar-refractivity contribution is 6.33. The first-order valence-electron chi connectivity index (χ1n) is 5.83. The lowest BCUT2D eigenvalue weighted by atomic mass is 10.2. The average molecular weight is 238 g/mol. The Morgan fingerprint density at radius 2 is 1.94 bits per heavy atom. The standard InChI is InChI=1S/C13H18ClN2/c1-11(2)15-7-9-16(10-8-15)13-6-4-3-5-12(13)14/h4-6,11H,7-10H2,1-2H3. The topological polar surface area (TPSA) is 6.48 Å². The summed E-state index contributed by atoms with van der Waals surface area (Å²) in [5.41, 5.74) is 1.14. The van der Waals surface area contributed by atoms with Crippen LogP contribution < -0.4 is 4.90 Å². The van der Waals surface area contributed by atoms with Gasteiger partial charge in [0.15, 0.2) is 0 Å². The summed E-state index contributed by atoms with van der Waals surface area (Å²) in [4.78, 5) is 4.86. The van der Waals surface area contributed by atoms with Crippen LogP contribution in [0.1, 0.15) is 13.8 Å². The van der Waals surface area contributed by atoms with E-state index in [2.05, 4.69) is 29.7 Å². The van der Waals surface area contributed by atoms with E-state index in [1.165, 1.54) is 0 Å². The van der Waals surface area contributed by atoms with E-state index in [9.17, 15) is 0 Å². The van der Waals surface area contributed by atoms with Gasteiger partial charge in [-0.25, -0.2) is 0 Å². The molecule has 16 heavy (non-hydrogen) atoms. The van der Waals surface area contributed by atoms with Gasteiger partial charge in [0.1, 0.15) is 0 Å². The van der Waals surface area contributed by atoms with Crippen LogP contribution in [0.5, 0.6) is 0 Å². The van der Waals surface area contributed by atoms with Gasteiger partial charge in [0.25, 0.3) is 0 Å². The van der Waals surface area contributed by atoms with Crippen LogP contribution >= 0.6 is 11.6 Å². The lowest BCUT2D eigenvalue weighted by molar-refractivity contribution is 0.209. The Kier molecular flexibility index (Phi) is 3.72. The zero-order chi connectivity index (χ0) is 11.5. The maximum absolute atomic E-state index is 6.17. The Labute approximate surface area is 103 Å². The van der Waals surface area contributed by atoms with Gasteiger partial charge >= 0.3 is 0 Å². The highest BCUT2D eigenvalue weighted by atomic mass is 35.5. The fourth-order valence-electron chi connectivity index (χ4n) is 2.14. The van der Waals surface area contributed by atoms with E-state index in [4.69, 9.17) is 11.6 Å². The zero-order valence-electron chi connectivity index (χ0n) is 9.91. The first-order valence-corrected chi connectivity index (χ1v) is 6.21. The summed E-state index contributed by atoms with van der Waals surface area (Å²) in [6.07, 6.45) is 0. The molecule has 1 aliphatic heterocycles. The summed E-state index contributed by atoms with van der Waals surface area (Å²) in [6.45, 7) is 8.85. The maximum atomic E-state index is 6.17. The summed E-state index contributed by atoms with van der Waals surface area (Å²) < 4.78 is 0. The molecule has 1 aliphatic rings. The molecule has 1 fully saturated rings. The number of benzene rings is 1. The summed E-state index contributed by atoms with van der Waals surface area (Å²) in [6, 6.07) is 9.45. The molecule has 1 aromatic rings. The average Bonchev–Trinajstić information content (AvgIpc) is 2.30. The summed E-state index contributed by atoms with van der Waals surface area (Å²) in [7, 11) is 0. The van der Waals surface area contributed by atoms with Crippen molar-refractivity contribution >= 4 is 17.3 Å². The van der Waals surface area contributed by atoms with Crippen molar-refractivity contribution in [1.82, 2.24) is 4.90 Å². The molecule has 87 valence electrons. The van der Waals surface area contributed by atoms with Gasteiger partial charge in [-0.3, -0.25) is 4.90 Å². The van der Waals surface area contributed by atoms with Crippen LogP contribution in [-0.4, -0.2) is 37.1 Å². The molecule has 0 aromatic heterocycles. The van der Waals surface area contributed by atoms with Crippen LogP contribution in [0, 0.1) is 6.07 Å². The minimum atomic E-state index is 0.640. The molecular formula is C13H18ClN2. The van der Waals surface area contributed by atoms with Gasteiger partial charge in [0, 0.05) is 32.2 Å². The molecular weight excluding hydrogens is 220 g/mol. The Balaban J connectivity index is 2.02. The van der Waals surface area contributed by atoms with E-state index in [0.717, 1.165) is 36.9 Å². The molecule has 0 amide bonds. The molecule has 0 N–H and O–H groups in total. The quantitative estimate of drug-likeness (QED) is 0.781. The molecule has 0 aliphatic carbocycles. The Hall–Kier alpha value is -0.730. The fraction of sp³-hybridized carbons (Fsp3) is 0.538. The molecule has 0 bridgehead atoms. The SMILES string of the molecule is CC(C)N1CCN(c2cc[c]cc2Cl)CC1. The lowest BCUT2D eigenvalue weighted by Gasteiger charge is -2.38. The van der Waals surface area contributed by atoms with Crippen LogP contribution in [-0.2, 0) is 0 Å². The minimum Gasteiger partial charge on any atom is -0.368 e. The van der Waals surface area contributed by atoms with Crippen molar-refractivity contribution in [3.63, 3.8) is 0 Å². The summed E-state index contributed by atoms with van der Waals surface area (Å²) >= 11 is 6.17. The lowest BCUT2D eigenvalue weighted by Crippen LogP contribution is -2.48. The third-order valence-corrected chi connectivity index (χ3v) is 3.48. The second-order valence-electron chi connectivity index (χ2n) is 4.49. The molecule has 2 rings (SSSR count). The third-order valence-electron chi connectivity index (χ3n) is 3.18. The van der Waals surface area contributed by atoms with Crippen LogP contribution in [0.15, 0.2) is 18.2 Å². The van der Waals surface area contributed by atoms with Gasteiger partial charge in [0.05, 0.1) is 10.7 Å². The number of rotatable bonds is 2. The number of halogens is 1. The number of anilines is 1. The van der Waals surface area contributed by atoms with Crippen molar-refractivity contribution in [3.8, 4) is 0 Å². The first-order chi connectivity index (χ1) is 7.68. The molecule has 3 heteroatoms. The maximum Gasteiger partial charge on any atom is 0.0645 e. The molecule has 0 atom stereocenters. The van der Waals surface area contributed by atoms with Crippen molar-refractivity contribution < 1.29 is 0 Å². The van der Waals surface area contributed by atoms with E-state index in [1.807, 2.05) is 18.2 Å². The van der Waals surface area contributed by atoms with Crippen molar-refractivity contribution in [2.45, 2.75) is 19.9 Å². The number of hydrogen-bond donors (Lipinski definition) is 0. The van der Waals surface area contributed by atoms with Crippen LogP contribution in [0.4, 0.5) is 5.69 Å². The molecule has 1 saturated heterocycles. The Bertz CT molecular complexity index is 344. The monoisotopic (exact) mass is 237 g/mol. The van der Waals surface area contributed by atoms with Crippen molar-refractivity contribution in [3.05, 3.63) is 29.3 Å². The highest BCUT2D eigenvalue weighted by Crippen LogP contribution is 2.25. The van der Waals surface area contributed by atoms with E-state index < -0.39 is 0 Å². The van der Waals surface area contributed by atoms with Gasteiger partial charge in [-0.1, -0.05) is 17.7 Å². The second-order valence-corrected chi connectivity index (χ2v) is 4.90. The third kappa shape index (κ3) is 2.50. The Morgan fingerprint density at radius 1 is 1.25 bits per heavy atom. The molecule has 1 heterocycles. The molecule has 1 radical (unpaired) electrons. The summed E-state index contributed by atoms with van der Waals surface area (Å²) in [5.74, 6) is 0. The van der Waals surface area contributed by atoms with Gasteiger partial charge in [-0.15, -0.1) is 0 Å². The molecule has 1 aromatic carbocycles. The highest BCUT2D eigenvalue weighted by Gasteiger charge is 2.19. The van der Waals surface area contributed by atoms with Crippen LogP contribution in [0.2, 0.25) is 5.02 Å². The van der Waals surface area contributed by atoms with E-state index in [0.29, 0.717) is 6.04 Å². The van der Waals surface area contributed by atoms with Gasteiger partial charge in [-0.2, -0.15) is 0 Å². The normalized spacial score (nSPS) is 18.1. The number of piperazine rings is 1. The zero-order valence-corrected chi connectivity index (χ0v) is 10.7. The molecule has 2 nitrogen and oxygen atoms in total. The van der Waals surface area contributed by atoms with E-state index in [1.54, 1.807) is 0 Å². The number of nitrogens with zero attached hydrogens (tertiary/aromatic N) is 2. The molecule has 0 unspecified atom stereocenters. The Morgan fingerprint density at radius 3 is 2.50 bits per heavy atom. The van der Waals surface area contributed by atoms with Crippen LogP contribution in [0.3, 0.4) is 0 Å².